The molecule has 2 heterocycles. The fourth-order valence-electron chi connectivity index (χ4n) is 3.99. The van der Waals surface area contributed by atoms with Gasteiger partial charge in [0, 0.05) is 29.5 Å². The summed E-state index contributed by atoms with van der Waals surface area (Å²) in [6.45, 7) is 1.12. The van der Waals surface area contributed by atoms with E-state index in [-0.39, 0.29) is 11.9 Å². The third-order valence-corrected chi connectivity index (χ3v) is 6.54. The lowest BCUT2D eigenvalue weighted by Crippen LogP contribution is -2.42. The molecule has 0 bridgehead atoms. The van der Waals surface area contributed by atoms with Crippen LogP contribution in [0.25, 0.3) is 0 Å². The SMILES string of the molecule is COc1cc(Br)c2c3c1O[C@H]1CC(=O)C(Br)=C[C@@]31CCN(C=O)C2. The van der Waals surface area contributed by atoms with Crippen LogP contribution in [0.1, 0.15) is 24.0 Å². The van der Waals surface area contributed by atoms with E-state index in [4.69, 9.17) is 9.47 Å². The van der Waals surface area contributed by atoms with Gasteiger partial charge in [-0.15, -0.1) is 0 Å². The molecule has 0 N–H and O–H groups in total. The maximum atomic E-state index is 12.2. The van der Waals surface area contributed by atoms with Crippen molar-refractivity contribution in [3.05, 3.63) is 32.2 Å². The lowest BCUT2D eigenvalue weighted by molar-refractivity contribution is -0.119. The first kappa shape index (κ1) is 16.1. The summed E-state index contributed by atoms with van der Waals surface area (Å²) in [5, 5.41) is 0. The van der Waals surface area contributed by atoms with Crippen LogP contribution < -0.4 is 9.47 Å². The van der Waals surface area contributed by atoms with Crippen LogP contribution in [0, 0.1) is 0 Å². The van der Waals surface area contributed by atoms with E-state index in [2.05, 4.69) is 31.9 Å². The molecule has 0 saturated heterocycles. The van der Waals surface area contributed by atoms with Crippen molar-refractivity contribution in [2.45, 2.75) is 30.9 Å². The van der Waals surface area contributed by atoms with Gasteiger partial charge in [-0.25, -0.2) is 0 Å². The highest BCUT2D eigenvalue weighted by atomic mass is 79.9. The molecule has 1 aliphatic carbocycles. The Labute approximate surface area is 156 Å². The molecule has 0 fully saturated rings. The number of allylic oxidation sites excluding steroid dienone is 1. The summed E-state index contributed by atoms with van der Waals surface area (Å²) in [5.74, 6) is 1.38. The highest BCUT2D eigenvalue weighted by Gasteiger charge is 2.54. The van der Waals surface area contributed by atoms with E-state index in [1.807, 2.05) is 12.1 Å². The van der Waals surface area contributed by atoms with Gasteiger partial charge < -0.3 is 14.4 Å². The Balaban J connectivity index is 2.02. The molecule has 5 nitrogen and oxygen atoms in total. The van der Waals surface area contributed by atoms with Crippen molar-refractivity contribution < 1.29 is 19.1 Å². The fourth-order valence-corrected chi connectivity index (χ4v) is 5.09. The Morgan fingerprint density at radius 1 is 1.46 bits per heavy atom. The van der Waals surface area contributed by atoms with Crippen LogP contribution in [-0.2, 0) is 21.5 Å². The van der Waals surface area contributed by atoms with Crippen molar-refractivity contribution in [3.8, 4) is 11.5 Å². The van der Waals surface area contributed by atoms with Crippen molar-refractivity contribution in [2.75, 3.05) is 13.7 Å². The molecule has 0 radical (unpaired) electrons. The number of hydrogen-bond acceptors (Lipinski definition) is 4. The van der Waals surface area contributed by atoms with E-state index < -0.39 is 5.41 Å². The molecule has 0 saturated carbocycles. The van der Waals surface area contributed by atoms with Gasteiger partial charge in [-0.2, -0.15) is 0 Å². The maximum Gasteiger partial charge on any atom is 0.210 e. The van der Waals surface area contributed by atoms with Gasteiger partial charge in [0.25, 0.3) is 0 Å². The molecule has 0 aromatic heterocycles. The third-order valence-electron chi connectivity index (χ3n) is 5.16. The van der Waals surface area contributed by atoms with Crippen LogP contribution in [-0.4, -0.2) is 36.9 Å². The van der Waals surface area contributed by atoms with Crippen molar-refractivity contribution in [2.24, 2.45) is 0 Å². The smallest absolute Gasteiger partial charge is 0.210 e. The number of Topliss-reactive ketones (excluding diaryl/α,β-unsaturated/α-hetero) is 1. The second-order valence-electron chi connectivity index (χ2n) is 6.34. The van der Waals surface area contributed by atoms with Crippen LogP contribution in [0.3, 0.4) is 0 Å². The van der Waals surface area contributed by atoms with Crippen molar-refractivity contribution in [3.63, 3.8) is 0 Å². The Kier molecular flexibility index (Phi) is 3.76. The summed E-state index contributed by atoms with van der Waals surface area (Å²) >= 11 is 7.03. The molecule has 1 amide bonds. The Morgan fingerprint density at radius 3 is 2.96 bits per heavy atom. The van der Waals surface area contributed by atoms with Crippen LogP contribution in [0.15, 0.2) is 21.1 Å². The lowest BCUT2D eigenvalue weighted by Gasteiger charge is -2.34. The van der Waals surface area contributed by atoms with Gasteiger partial charge in [0.2, 0.25) is 6.41 Å². The molecule has 126 valence electrons. The molecule has 2 aliphatic heterocycles. The van der Waals surface area contributed by atoms with Crippen LogP contribution in [0.4, 0.5) is 0 Å². The Hall–Kier alpha value is -1.34. The zero-order chi connectivity index (χ0) is 17.1. The largest absolute Gasteiger partial charge is 0.493 e. The normalized spacial score (nSPS) is 27.6. The number of rotatable bonds is 2. The van der Waals surface area contributed by atoms with E-state index in [9.17, 15) is 9.59 Å². The van der Waals surface area contributed by atoms with E-state index in [0.717, 1.165) is 22.0 Å². The summed E-state index contributed by atoms with van der Waals surface area (Å²) in [5.41, 5.74) is 1.63. The first-order valence-electron chi connectivity index (χ1n) is 7.67. The molecule has 7 heteroatoms. The van der Waals surface area contributed by atoms with Crippen molar-refractivity contribution in [1.82, 2.24) is 4.90 Å². The monoisotopic (exact) mass is 455 g/mol. The first-order valence-corrected chi connectivity index (χ1v) is 9.26. The van der Waals surface area contributed by atoms with E-state index >= 15 is 0 Å². The number of amides is 1. The molecular weight excluding hydrogens is 442 g/mol. The average molecular weight is 457 g/mol. The molecule has 4 rings (SSSR count). The molecule has 2 atom stereocenters. The van der Waals surface area contributed by atoms with Gasteiger partial charge in [-0.05, 0) is 34.0 Å². The van der Waals surface area contributed by atoms with Gasteiger partial charge in [-0.1, -0.05) is 22.0 Å². The van der Waals surface area contributed by atoms with Gasteiger partial charge in [0.05, 0.1) is 17.0 Å². The molecule has 24 heavy (non-hydrogen) atoms. The topological polar surface area (TPSA) is 55.8 Å². The molecule has 3 aliphatic rings. The van der Waals surface area contributed by atoms with Gasteiger partial charge in [0.1, 0.15) is 6.10 Å². The number of carbonyl (C=O) groups is 2. The minimum absolute atomic E-state index is 0.0366. The maximum absolute atomic E-state index is 12.2. The number of benzene rings is 1. The quantitative estimate of drug-likeness (QED) is 0.641. The van der Waals surface area contributed by atoms with Crippen LogP contribution >= 0.6 is 31.9 Å². The van der Waals surface area contributed by atoms with Crippen LogP contribution in [0.2, 0.25) is 0 Å². The zero-order valence-corrected chi connectivity index (χ0v) is 16.1. The van der Waals surface area contributed by atoms with E-state index in [1.54, 1.807) is 12.0 Å². The summed E-state index contributed by atoms with van der Waals surface area (Å²) in [7, 11) is 1.61. The average Bonchev–Trinajstić information content (AvgIpc) is 2.77. The van der Waals surface area contributed by atoms with Crippen molar-refractivity contribution in [1.29, 1.82) is 0 Å². The summed E-state index contributed by atoms with van der Waals surface area (Å²) < 4.78 is 13.2. The first-order chi connectivity index (χ1) is 11.5. The predicted octanol–water partition coefficient (Wildman–Crippen LogP) is 3.07. The molecule has 1 aromatic carbocycles. The number of hydrogen-bond donors (Lipinski definition) is 0. The van der Waals surface area contributed by atoms with E-state index in [1.165, 1.54) is 0 Å². The minimum atomic E-state index is -0.424. The number of methoxy groups -OCH3 is 1. The van der Waals surface area contributed by atoms with Gasteiger partial charge in [0.15, 0.2) is 17.3 Å². The predicted molar refractivity (Wildman–Crippen MR) is 94.5 cm³/mol. The van der Waals surface area contributed by atoms with Crippen LogP contribution in [0.5, 0.6) is 11.5 Å². The molecule has 1 aromatic rings. The second-order valence-corrected chi connectivity index (χ2v) is 8.04. The highest BCUT2D eigenvalue weighted by molar-refractivity contribution is 9.12. The number of halogens is 2. The Bertz CT molecular complexity index is 791. The van der Waals surface area contributed by atoms with Crippen molar-refractivity contribution >= 4 is 44.1 Å². The van der Waals surface area contributed by atoms with E-state index in [0.29, 0.717) is 41.9 Å². The lowest BCUT2D eigenvalue weighted by atomic mass is 9.69. The summed E-state index contributed by atoms with van der Waals surface area (Å²) in [4.78, 5) is 25.4. The molecular formula is C17H15Br2NO4. The summed E-state index contributed by atoms with van der Waals surface area (Å²) in [6.07, 6.45) is 3.60. The van der Waals surface area contributed by atoms with Gasteiger partial charge >= 0.3 is 0 Å². The summed E-state index contributed by atoms with van der Waals surface area (Å²) in [6, 6.07) is 1.87. The zero-order valence-electron chi connectivity index (χ0n) is 13.0. The minimum Gasteiger partial charge on any atom is -0.493 e. The third kappa shape index (κ3) is 2.10. The second kappa shape index (κ2) is 5.59. The number of ether oxygens (including phenoxy) is 2. The number of nitrogens with zero attached hydrogens (tertiary/aromatic N) is 1. The molecule has 1 spiro atoms. The number of carbonyl (C=O) groups excluding carboxylic acids is 2. The number of ketones is 1. The Morgan fingerprint density at radius 2 is 2.25 bits per heavy atom. The molecule has 0 unspecified atom stereocenters. The highest BCUT2D eigenvalue weighted by Crippen LogP contribution is 2.57. The van der Waals surface area contributed by atoms with Gasteiger partial charge in [-0.3, -0.25) is 9.59 Å². The fraction of sp³-hybridized carbons (Fsp3) is 0.412. The standard InChI is InChI=1S/C17H15Br2NO4/c1-23-13-4-10(18)9-7-20(8-21)3-2-17-6-11(19)12(22)5-14(17)24-16(13)15(9)17/h4,6,8,14H,2-3,5,7H2,1H3/t14-,17+/m0/s1.